The summed E-state index contributed by atoms with van der Waals surface area (Å²) in [6.07, 6.45) is 2.78. The van der Waals surface area contributed by atoms with E-state index in [4.69, 9.17) is 0 Å². The molecule has 0 bridgehead atoms. The van der Waals surface area contributed by atoms with Crippen molar-refractivity contribution in [1.82, 2.24) is 0 Å². The molecule has 0 aromatic rings. The third-order valence-corrected chi connectivity index (χ3v) is 9.41. The lowest BCUT2D eigenvalue weighted by Gasteiger charge is -2.27. The van der Waals surface area contributed by atoms with E-state index in [-0.39, 0.29) is 0 Å². The van der Waals surface area contributed by atoms with Crippen molar-refractivity contribution >= 4 is 18.4 Å². The van der Waals surface area contributed by atoms with E-state index in [1.807, 2.05) is 0 Å². The van der Waals surface area contributed by atoms with Gasteiger partial charge in [-0.25, -0.2) is 0 Å². The fraction of sp³-hybridized carbons (Fsp3) is 0.500. The van der Waals surface area contributed by atoms with Crippen LogP contribution in [-0.4, -0.2) is 13.0 Å². The summed E-state index contributed by atoms with van der Waals surface area (Å²) in [5.41, 5.74) is 4.34. The second-order valence-corrected chi connectivity index (χ2v) is 9.74. The van der Waals surface area contributed by atoms with Crippen molar-refractivity contribution in [3.63, 3.8) is 0 Å². The zero-order chi connectivity index (χ0) is 7.45. The van der Waals surface area contributed by atoms with Gasteiger partial charge in [-0.05, 0) is 18.2 Å². The first-order chi connectivity index (χ1) is 4.83. The molecule has 0 atom stereocenters. The monoisotopic (exact) mass is 170 g/mol. The zero-order valence-electron chi connectivity index (χ0n) is 6.31. The first kappa shape index (κ1) is 8.15. The van der Waals surface area contributed by atoms with Gasteiger partial charge in [0.05, 0.1) is 0 Å². The molecule has 0 spiro atoms. The lowest BCUT2D eigenvalue weighted by molar-refractivity contribution is 0.878. The fourth-order valence-corrected chi connectivity index (χ4v) is 6.88. The minimum Gasteiger partial charge on any atom is -0.175 e. The highest BCUT2D eigenvalue weighted by Crippen LogP contribution is 2.34. The highest BCUT2D eigenvalue weighted by molar-refractivity contribution is 8.30. The van der Waals surface area contributed by atoms with Gasteiger partial charge in [-0.1, -0.05) is 17.8 Å². The van der Waals surface area contributed by atoms with Gasteiger partial charge < -0.3 is 0 Å². The van der Waals surface area contributed by atoms with Crippen LogP contribution in [0.4, 0.5) is 0 Å². The van der Waals surface area contributed by atoms with Crippen LogP contribution in [0.25, 0.3) is 0 Å². The Morgan fingerprint density at radius 1 is 1.20 bits per heavy atom. The molecule has 1 aliphatic rings. The van der Waals surface area contributed by atoms with Crippen LogP contribution in [0.3, 0.4) is 0 Å². The van der Waals surface area contributed by atoms with Crippen LogP contribution < -0.4 is 0 Å². The third kappa shape index (κ3) is 1.55. The van der Waals surface area contributed by atoms with Crippen molar-refractivity contribution in [1.29, 1.82) is 0 Å². The summed E-state index contributed by atoms with van der Waals surface area (Å²) in [5, 5.41) is 0. The topological polar surface area (TPSA) is 0 Å². The molecule has 0 unspecified atom stereocenters. The molecule has 0 amide bonds. The molecule has 1 saturated heterocycles. The maximum absolute atomic E-state index is 3.90. The van der Waals surface area contributed by atoms with Crippen LogP contribution in [0.5, 0.6) is 0 Å². The van der Waals surface area contributed by atoms with E-state index in [9.17, 15) is 0 Å². The molecule has 2 heteroatoms. The van der Waals surface area contributed by atoms with Crippen LogP contribution in [0, 0.1) is 0 Å². The molecule has 0 aromatic heterocycles. The minimum absolute atomic E-state index is 1.19. The highest BCUT2D eigenvalue weighted by atomic mass is 32.4. The van der Waals surface area contributed by atoms with Gasteiger partial charge in [-0.3, -0.25) is 0 Å². The summed E-state index contributed by atoms with van der Waals surface area (Å²) >= 11 is 2.11. The van der Waals surface area contributed by atoms with E-state index in [1.165, 1.54) is 24.6 Å². The molecule has 56 valence electrons. The van der Waals surface area contributed by atoms with Crippen molar-refractivity contribution in [3.05, 3.63) is 24.6 Å². The minimum atomic E-state index is -1.19. The van der Waals surface area contributed by atoms with Gasteiger partial charge in [0, 0.05) is 0 Å². The quantitative estimate of drug-likeness (QED) is 0.574. The van der Waals surface area contributed by atoms with Crippen molar-refractivity contribution in [2.45, 2.75) is 18.9 Å². The second-order valence-electron chi connectivity index (χ2n) is 2.67. The summed E-state index contributed by atoms with van der Waals surface area (Å²) < 4.78 is 0. The third-order valence-electron chi connectivity index (χ3n) is 2.02. The van der Waals surface area contributed by atoms with Gasteiger partial charge in [-0.15, -0.1) is 13.2 Å². The van der Waals surface area contributed by atoms with E-state index in [0.29, 0.717) is 0 Å². The smallest absolute Gasteiger partial charge is 0.162 e. The Bertz CT molecular complexity index is 126. The number of hydrogen-bond donors (Lipinski definition) is 0. The van der Waals surface area contributed by atoms with Gasteiger partial charge in [0.15, 0.2) is 7.22 Å². The van der Waals surface area contributed by atoms with Gasteiger partial charge >= 0.3 is 0 Å². The Labute approximate surface area is 68.1 Å². The van der Waals surface area contributed by atoms with Crippen molar-refractivity contribution in [2.75, 3.05) is 5.75 Å². The van der Waals surface area contributed by atoms with E-state index < -0.39 is 7.22 Å². The average Bonchev–Trinajstić information content (AvgIpc) is 2.06. The Balaban J connectivity index is 2.60. The van der Waals surface area contributed by atoms with Crippen LogP contribution in [0.15, 0.2) is 24.6 Å². The van der Waals surface area contributed by atoms with Crippen molar-refractivity contribution in [2.24, 2.45) is 0 Å². The summed E-state index contributed by atoms with van der Waals surface area (Å²) in [6.45, 7) is 7.79. The van der Waals surface area contributed by atoms with E-state index >= 15 is 0 Å². The molecule has 0 saturated carbocycles. The first-order valence-corrected chi connectivity index (χ1v) is 7.81. The van der Waals surface area contributed by atoms with E-state index in [2.05, 4.69) is 35.8 Å². The summed E-state index contributed by atoms with van der Waals surface area (Å²) in [7, 11) is -1.19. The molecular formula is C8H14SSi. The maximum atomic E-state index is 3.90. The predicted octanol–water partition coefficient (Wildman–Crippen LogP) is 2.91. The van der Waals surface area contributed by atoms with E-state index in [0.717, 1.165) is 0 Å². The average molecular weight is 170 g/mol. The van der Waals surface area contributed by atoms with Gasteiger partial charge in [0.25, 0.3) is 0 Å². The zero-order valence-corrected chi connectivity index (χ0v) is 8.12. The molecule has 10 heavy (non-hydrogen) atoms. The van der Waals surface area contributed by atoms with E-state index in [1.54, 1.807) is 0 Å². The molecule has 0 aliphatic carbocycles. The molecule has 0 nitrogen and oxygen atoms in total. The summed E-state index contributed by atoms with van der Waals surface area (Å²) in [6, 6.07) is 1.37. The number of hydrogen-bond acceptors (Lipinski definition) is 1. The molecule has 1 heterocycles. The largest absolute Gasteiger partial charge is 0.175 e. The predicted molar refractivity (Wildman–Crippen MR) is 52.6 cm³/mol. The van der Waals surface area contributed by atoms with Crippen LogP contribution >= 0.6 is 11.2 Å². The molecule has 0 radical (unpaired) electrons. The fourth-order valence-electron chi connectivity index (χ4n) is 1.24. The number of rotatable bonds is 2. The Morgan fingerprint density at radius 3 is 2.20 bits per heavy atom. The molecule has 0 aromatic carbocycles. The first-order valence-electron chi connectivity index (χ1n) is 3.74. The Kier molecular flexibility index (Phi) is 2.80. The van der Waals surface area contributed by atoms with Crippen LogP contribution in [0.1, 0.15) is 12.8 Å². The highest BCUT2D eigenvalue weighted by Gasteiger charge is 2.28. The molecule has 1 rings (SSSR count). The molecule has 0 N–H and O–H groups in total. The lowest BCUT2D eigenvalue weighted by Crippen LogP contribution is -2.28. The van der Waals surface area contributed by atoms with Crippen LogP contribution in [-0.2, 0) is 0 Å². The van der Waals surface area contributed by atoms with Crippen LogP contribution in [0.2, 0.25) is 6.04 Å². The second kappa shape index (κ2) is 3.44. The summed E-state index contributed by atoms with van der Waals surface area (Å²) in [4.78, 5) is 0. The standard InChI is InChI=1S/C8H14SSi/c1-3-10(4-2)8-6-5-7-9-10/h3-4H,1-2,5-8H2. The van der Waals surface area contributed by atoms with Gasteiger partial charge in [0.2, 0.25) is 0 Å². The molecule has 1 aliphatic heterocycles. The Morgan fingerprint density at radius 2 is 1.90 bits per heavy atom. The molecule has 1 fully saturated rings. The SMILES string of the molecule is C=C[Si]1(C=C)CCCCS1. The van der Waals surface area contributed by atoms with Crippen molar-refractivity contribution in [3.8, 4) is 0 Å². The lowest BCUT2D eigenvalue weighted by atomic mass is 10.4. The van der Waals surface area contributed by atoms with Gasteiger partial charge in [0.1, 0.15) is 0 Å². The molecular weight excluding hydrogens is 156 g/mol. The maximum Gasteiger partial charge on any atom is 0.162 e. The summed E-state index contributed by atoms with van der Waals surface area (Å²) in [5.74, 6) is 1.32. The van der Waals surface area contributed by atoms with Crippen molar-refractivity contribution < 1.29 is 0 Å². The van der Waals surface area contributed by atoms with Gasteiger partial charge in [-0.2, -0.15) is 11.2 Å². The normalized spacial score (nSPS) is 23.6. The Hall–Kier alpha value is 0.0469.